The highest BCUT2D eigenvalue weighted by molar-refractivity contribution is 6.28. The van der Waals surface area contributed by atoms with Gasteiger partial charge in [-0.15, -0.1) is 0 Å². The van der Waals surface area contributed by atoms with Crippen LogP contribution in [0.2, 0.25) is 5.28 Å². The maximum atomic E-state index is 12.9. The zero-order valence-electron chi connectivity index (χ0n) is 16.8. The van der Waals surface area contributed by atoms with E-state index in [0.29, 0.717) is 17.6 Å². The quantitative estimate of drug-likeness (QED) is 0.541. The molecule has 0 radical (unpaired) electrons. The van der Waals surface area contributed by atoms with Crippen molar-refractivity contribution in [2.24, 2.45) is 5.92 Å². The first-order valence-electron chi connectivity index (χ1n) is 9.97. The summed E-state index contributed by atoms with van der Waals surface area (Å²) in [6.07, 6.45) is 10.5. The molecule has 2 aromatic rings. The number of hydrogen-bond acceptors (Lipinski definition) is 5. The van der Waals surface area contributed by atoms with Crippen molar-refractivity contribution in [2.45, 2.75) is 70.9 Å². The number of rotatable bonds is 6. The number of carbonyl (C=O) groups excluding carboxylic acids is 1. The summed E-state index contributed by atoms with van der Waals surface area (Å²) in [6.45, 7) is 5.65. The molecule has 0 unspecified atom stereocenters. The Morgan fingerprint density at radius 1 is 1.25 bits per heavy atom. The number of anilines is 1. The standard InChI is InChI=1S/C21H29ClN4O2/c1-21(2,3)28-19(27)16(13-15-9-5-4-6-10-15)23-17-14-18(25-20(22)24-17)26-11-7-8-12-26/h7-8,11-12,14-16H,4-6,9-10,13H2,1-3H3,(H,23,24,25)/t16-/m1/s1. The predicted octanol–water partition coefficient (Wildman–Crippen LogP) is 5.01. The second-order valence-electron chi connectivity index (χ2n) is 8.44. The number of carbonyl (C=O) groups is 1. The van der Waals surface area contributed by atoms with Crippen molar-refractivity contribution in [1.82, 2.24) is 14.5 Å². The molecule has 1 aliphatic carbocycles. The number of hydrogen-bond donors (Lipinski definition) is 1. The van der Waals surface area contributed by atoms with E-state index in [-0.39, 0.29) is 11.3 Å². The Labute approximate surface area is 171 Å². The van der Waals surface area contributed by atoms with Crippen molar-refractivity contribution >= 4 is 23.4 Å². The van der Waals surface area contributed by atoms with Gasteiger partial charge in [-0.05, 0) is 56.8 Å². The van der Waals surface area contributed by atoms with Crippen LogP contribution in [0, 0.1) is 5.92 Å². The van der Waals surface area contributed by atoms with Gasteiger partial charge in [-0.2, -0.15) is 4.98 Å². The van der Waals surface area contributed by atoms with Gasteiger partial charge in [-0.25, -0.2) is 9.78 Å². The zero-order valence-corrected chi connectivity index (χ0v) is 17.6. The normalized spacial score (nSPS) is 16.6. The third kappa shape index (κ3) is 5.96. The fraction of sp³-hybridized carbons (Fsp3) is 0.571. The van der Waals surface area contributed by atoms with Crippen molar-refractivity contribution < 1.29 is 9.53 Å². The predicted molar refractivity (Wildman–Crippen MR) is 111 cm³/mol. The SMILES string of the molecule is CC(C)(C)OC(=O)[C@@H](CC1CCCCC1)Nc1cc(-n2cccc2)nc(Cl)n1. The number of ether oxygens (including phenoxy) is 1. The maximum Gasteiger partial charge on any atom is 0.329 e. The van der Waals surface area contributed by atoms with Gasteiger partial charge in [0, 0.05) is 18.5 Å². The second kappa shape index (κ2) is 8.95. The summed E-state index contributed by atoms with van der Waals surface area (Å²) in [5.74, 6) is 1.43. The minimum Gasteiger partial charge on any atom is -0.458 e. The summed E-state index contributed by atoms with van der Waals surface area (Å²) in [5.41, 5.74) is -0.538. The highest BCUT2D eigenvalue weighted by Gasteiger charge is 2.29. The summed E-state index contributed by atoms with van der Waals surface area (Å²) < 4.78 is 7.51. The van der Waals surface area contributed by atoms with E-state index in [1.807, 2.05) is 49.9 Å². The van der Waals surface area contributed by atoms with Gasteiger partial charge in [0.25, 0.3) is 0 Å². The average molecular weight is 405 g/mol. The molecule has 152 valence electrons. The highest BCUT2D eigenvalue weighted by Crippen LogP contribution is 2.29. The molecular formula is C21H29ClN4O2. The van der Waals surface area contributed by atoms with Gasteiger partial charge >= 0.3 is 5.97 Å². The van der Waals surface area contributed by atoms with E-state index < -0.39 is 11.6 Å². The van der Waals surface area contributed by atoms with E-state index in [0.717, 1.165) is 19.3 Å². The number of aromatic nitrogens is 3. The Morgan fingerprint density at radius 2 is 1.93 bits per heavy atom. The van der Waals surface area contributed by atoms with Crippen LogP contribution in [0.1, 0.15) is 59.3 Å². The lowest BCUT2D eigenvalue weighted by molar-refractivity contribution is -0.156. The second-order valence-corrected chi connectivity index (χ2v) is 8.78. The number of esters is 1. The molecule has 2 heterocycles. The molecule has 0 aliphatic heterocycles. The number of nitrogens with zero attached hydrogens (tertiary/aromatic N) is 3. The van der Waals surface area contributed by atoms with Gasteiger partial charge < -0.3 is 14.6 Å². The van der Waals surface area contributed by atoms with Gasteiger partial charge in [0.15, 0.2) is 0 Å². The number of halogens is 1. The summed E-state index contributed by atoms with van der Waals surface area (Å²) in [6, 6.07) is 5.15. The van der Waals surface area contributed by atoms with Gasteiger partial charge in [-0.1, -0.05) is 32.1 Å². The minimum absolute atomic E-state index is 0.134. The van der Waals surface area contributed by atoms with Gasteiger partial charge in [-0.3, -0.25) is 0 Å². The minimum atomic E-state index is -0.538. The fourth-order valence-corrected chi connectivity index (χ4v) is 3.80. The molecular weight excluding hydrogens is 376 g/mol. The third-order valence-corrected chi connectivity index (χ3v) is 5.03. The molecule has 6 nitrogen and oxygen atoms in total. The van der Waals surface area contributed by atoms with Crippen LogP contribution in [0.4, 0.5) is 5.82 Å². The smallest absolute Gasteiger partial charge is 0.329 e. The van der Waals surface area contributed by atoms with E-state index in [1.54, 1.807) is 6.07 Å². The van der Waals surface area contributed by atoms with Gasteiger partial charge in [0.05, 0.1) is 0 Å². The van der Waals surface area contributed by atoms with E-state index in [1.165, 1.54) is 19.3 Å². The summed E-state index contributed by atoms with van der Waals surface area (Å²) in [4.78, 5) is 21.4. The molecule has 1 fully saturated rings. The molecule has 2 aromatic heterocycles. The zero-order chi connectivity index (χ0) is 20.1. The van der Waals surface area contributed by atoms with Gasteiger partial charge in [0.2, 0.25) is 5.28 Å². The molecule has 7 heteroatoms. The Hall–Kier alpha value is -2.08. The average Bonchev–Trinajstić information content (AvgIpc) is 3.15. The molecule has 1 N–H and O–H groups in total. The topological polar surface area (TPSA) is 69.0 Å². The van der Waals surface area contributed by atoms with Crippen molar-refractivity contribution in [3.8, 4) is 5.82 Å². The molecule has 0 aromatic carbocycles. The Bertz CT molecular complexity index is 780. The summed E-state index contributed by atoms with van der Waals surface area (Å²) in [7, 11) is 0. The molecule has 3 rings (SSSR count). The van der Waals surface area contributed by atoms with Gasteiger partial charge in [0.1, 0.15) is 23.3 Å². The van der Waals surface area contributed by atoms with E-state index in [2.05, 4.69) is 15.3 Å². The Morgan fingerprint density at radius 3 is 2.57 bits per heavy atom. The van der Waals surface area contributed by atoms with Crippen molar-refractivity contribution in [3.63, 3.8) is 0 Å². The van der Waals surface area contributed by atoms with Crippen LogP contribution in [-0.4, -0.2) is 32.1 Å². The van der Waals surface area contributed by atoms with Crippen LogP contribution in [0.15, 0.2) is 30.6 Å². The monoisotopic (exact) mass is 404 g/mol. The first kappa shape index (κ1) is 20.6. The van der Waals surface area contributed by atoms with E-state index in [4.69, 9.17) is 16.3 Å². The third-order valence-electron chi connectivity index (χ3n) is 4.86. The number of nitrogens with one attached hydrogen (secondary N) is 1. The van der Waals surface area contributed by atoms with Crippen molar-refractivity contribution in [3.05, 3.63) is 35.9 Å². The summed E-state index contributed by atoms with van der Waals surface area (Å²) >= 11 is 6.14. The molecule has 0 saturated heterocycles. The van der Waals surface area contributed by atoms with Crippen molar-refractivity contribution in [1.29, 1.82) is 0 Å². The van der Waals surface area contributed by atoms with Crippen LogP contribution in [0.25, 0.3) is 5.82 Å². The lowest BCUT2D eigenvalue weighted by Gasteiger charge is -2.29. The Balaban J connectivity index is 1.80. The van der Waals surface area contributed by atoms with Crippen LogP contribution < -0.4 is 5.32 Å². The first-order chi connectivity index (χ1) is 13.3. The lowest BCUT2D eigenvalue weighted by Crippen LogP contribution is -2.38. The highest BCUT2D eigenvalue weighted by atomic mass is 35.5. The molecule has 28 heavy (non-hydrogen) atoms. The van der Waals surface area contributed by atoms with Crippen molar-refractivity contribution in [2.75, 3.05) is 5.32 Å². The molecule has 1 aliphatic rings. The molecule has 1 atom stereocenters. The van der Waals surface area contributed by atoms with Crippen LogP contribution >= 0.6 is 11.6 Å². The Kier molecular flexibility index (Phi) is 6.60. The lowest BCUT2D eigenvalue weighted by atomic mass is 9.85. The maximum absolute atomic E-state index is 12.9. The molecule has 1 saturated carbocycles. The van der Waals surface area contributed by atoms with Crippen LogP contribution in [-0.2, 0) is 9.53 Å². The fourth-order valence-electron chi connectivity index (χ4n) is 3.62. The van der Waals surface area contributed by atoms with E-state index >= 15 is 0 Å². The van der Waals surface area contributed by atoms with Crippen LogP contribution in [0.5, 0.6) is 0 Å². The first-order valence-corrected chi connectivity index (χ1v) is 10.4. The largest absolute Gasteiger partial charge is 0.458 e. The molecule has 0 spiro atoms. The van der Waals surface area contributed by atoms with E-state index in [9.17, 15) is 4.79 Å². The van der Waals surface area contributed by atoms with Crippen LogP contribution in [0.3, 0.4) is 0 Å². The summed E-state index contributed by atoms with van der Waals surface area (Å²) in [5, 5.41) is 3.40. The molecule has 0 amide bonds. The molecule has 0 bridgehead atoms.